The minimum atomic E-state index is 0.824. The molecule has 1 atom stereocenters. The van der Waals surface area contributed by atoms with E-state index in [0.29, 0.717) is 0 Å². The Balaban J connectivity index is 1.85. The smallest absolute Gasteiger partial charge is 0.0153 e. The Bertz CT molecular complexity index is 463. The summed E-state index contributed by atoms with van der Waals surface area (Å²) in [4.78, 5) is 0. The highest BCUT2D eigenvalue weighted by Crippen LogP contribution is 2.39. The Kier molecular flexibility index (Phi) is 7.00. The van der Waals surface area contributed by atoms with Crippen LogP contribution in [0.1, 0.15) is 113 Å². The largest absolute Gasteiger partial charge is 0.105 e. The first-order chi connectivity index (χ1) is 11.4. The third kappa shape index (κ3) is 4.82. The quantitative estimate of drug-likeness (QED) is 0.521. The maximum Gasteiger partial charge on any atom is -0.0153 e. The van der Waals surface area contributed by atoms with Gasteiger partial charge in [-0.3, -0.25) is 0 Å². The molecule has 0 bridgehead atoms. The first-order valence-electron chi connectivity index (χ1n) is 10.2. The molecule has 0 saturated heterocycles. The first-order valence-corrected chi connectivity index (χ1v) is 10.8. The summed E-state index contributed by atoms with van der Waals surface area (Å²) in [5.41, 5.74) is 3.47. The molecule has 23 heavy (non-hydrogen) atoms. The van der Waals surface area contributed by atoms with Gasteiger partial charge in [0.25, 0.3) is 0 Å². The molecule has 0 N–H and O–H groups in total. The molecule has 128 valence electrons. The van der Waals surface area contributed by atoms with Crippen LogP contribution in [0.4, 0.5) is 0 Å². The maximum atomic E-state index is 3.07. The molecule has 1 aromatic rings. The first kappa shape index (κ1) is 17.5. The van der Waals surface area contributed by atoms with Crippen molar-refractivity contribution < 1.29 is 0 Å². The molecular weight excluding hydrogens is 295 g/mol. The summed E-state index contributed by atoms with van der Waals surface area (Å²) < 4.78 is 0. The van der Waals surface area contributed by atoms with Gasteiger partial charge in [0.15, 0.2) is 0 Å². The van der Waals surface area contributed by atoms with Crippen LogP contribution in [0.3, 0.4) is 0 Å². The minimum Gasteiger partial charge on any atom is -0.105 e. The molecule has 1 unspecified atom stereocenters. The molecule has 3 rings (SSSR count). The number of benzene rings is 1. The SMILES string of the molecule is Pc1cccc(C2CCCCCCC2)c1C1CCCCCCC1. The van der Waals surface area contributed by atoms with E-state index in [1.165, 1.54) is 95.2 Å². The van der Waals surface area contributed by atoms with Crippen LogP contribution < -0.4 is 5.30 Å². The van der Waals surface area contributed by atoms with Crippen LogP contribution in [0.15, 0.2) is 18.2 Å². The Morgan fingerprint density at radius 3 is 1.65 bits per heavy atom. The second-order valence-electron chi connectivity index (χ2n) is 7.93. The van der Waals surface area contributed by atoms with Crippen molar-refractivity contribution in [1.82, 2.24) is 0 Å². The van der Waals surface area contributed by atoms with Crippen LogP contribution in [0.25, 0.3) is 0 Å². The summed E-state index contributed by atoms with van der Waals surface area (Å²) in [6, 6.07) is 7.13. The Morgan fingerprint density at radius 2 is 1.09 bits per heavy atom. The molecule has 0 heterocycles. The second-order valence-corrected chi connectivity index (χ2v) is 8.56. The zero-order valence-electron chi connectivity index (χ0n) is 14.9. The molecule has 2 aliphatic rings. The Labute approximate surface area is 146 Å². The maximum absolute atomic E-state index is 3.07. The fourth-order valence-electron chi connectivity index (χ4n) is 4.94. The Hall–Kier alpha value is -0.350. The predicted molar refractivity (Wildman–Crippen MR) is 106 cm³/mol. The molecular formula is C22H35P. The number of hydrogen-bond acceptors (Lipinski definition) is 0. The lowest BCUT2D eigenvalue weighted by molar-refractivity contribution is 0.435. The van der Waals surface area contributed by atoms with Crippen LogP contribution in [0.2, 0.25) is 0 Å². The normalized spacial score (nSPS) is 22.8. The van der Waals surface area contributed by atoms with Crippen LogP contribution >= 0.6 is 9.24 Å². The van der Waals surface area contributed by atoms with Gasteiger partial charge in [-0.1, -0.05) is 82.4 Å². The molecule has 0 spiro atoms. The summed E-state index contributed by atoms with van der Waals surface area (Å²) >= 11 is 0. The van der Waals surface area contributed by atoms with Crippen molar-refractivity contribution in [3.8, 4) is 0 Å². The fourth-order valence-corrected chi connectivity index (χ4v) is 5.45. The average Bonchev–Trinajstić information content (AvgIpc) is 2.47. The summed E-state index contributed by atoms with van der Waals surface area (Å²) in [5, 5.41) is 1.50. The van der Waals surface area contributed by atoms with E-state index < -0.39 is 0 Å². The van der Waals surface area contributed by atoms with E-state index >= 15 is 0 Å². The molecule has 0 nitrogen and oxygen atoms in total. The fraction of sp³-hybridized carbons (Fsp3) is 0.727. The number of rotatable bonds is 2. The van der Waals surface area contributed by atoms with Gasteiger partial charge in [-0.15, -0.1) is 9.24 Å². The lowest BCUT2D eigenvalue weighted by atomic mass is 9.77. The van der Waals surface area contributed by atoms with E-state index in [9.17, 15) is 0 Å². The standard InChI is InChI=1S/C22H35P/c23-21-17-11-16-20(18-12-7-3-1-4-8-13-18)22(21)19-14-9-5-2-6-10-15-19/h11,16-19H,1-10,12-15,23H2. The van der Waals surface area contributed by atoms with Gasteiger partial charge in [0, 0.05) is 0 Å². The molecule has 0 amide bonds. The van der Waals surface area contributed by atoms with Crippen molar-refractivity contribution in [3.05, 3.63) is 29.3 Å². The van der Waals surface area contributed by atoms with Gasteiger partial charge in [0.1, 0.15) is 0 Å². The highest BCUT2D eigenvalue weighted by atomic mass is 31.0. The lowest BCUT2D eigenvalue weighted by Gasteiger charge is -2.29. The van der Waals surface area contributed by atoms with Crippen LogP contribution in [0, 0.1) is 0 Å². The van der Waals surface area contributed by atoms with Gasteiger partial charge in [0.05, 0.1) is 0 Å². The van der Waals surface area contributed by atoms with Crippen molar-refractivity contribution in [1.29, 1.82) is 0 Å². The van der Waals surface area contributed by atoms with Crippen molar-refractivity contribution in [3.63, 3.8) is 0 Å². The number of hydrogen-bond donors (Lipinski definition) is 0. The van der Waals surface area contributed by atoms with Gasteiger partial charge in [-0.2, -0.15) is 0 Å². The third-order valence-corrected chi connectivity index (χ3v) is 6.74. The minimum absolute atomic E-state index is 0.824. The van der Waals surface area contributed by atoms with Crippen LogP contribution in [-0.4, -0.2) is 0 Å². The molecule has 1 aromatic carbocycles. The van der Waals surface area contributed by atoms with Crippen molar-refractivity contribution >= 4 is 14.5 Å². The van der Waals surface area contributed by atoms with Crippen molar-refractivity contribution in [2.24, 2.45) is 0 Å². The third-order valence-electron chi connectivity index (χ3n) is 6.23. The zero-order valence-corrected chi connectivity index (χ0v) is 16.0. The average molecular weight is 330 g/mol. The van der Waals surface area contributed by atoms with E-state index in [1.54, 1.807) is 11.1 Å². The Morgan fingerprint density at radius 1 is 0.609 bits per heavy atom. The molecule has 2 aliphatic carbocycles. The summed E-state index contributed by atoms with van der Waals surface area (Å²) in [6.45, 7) is 0. The molecule has 2 saturated carbocycles. The van der Waals surface area contributed by atoms with Crippen LogP contribution in [0.5, 0.6) is 0 Å². The topological polar surface area (TPSA) is 0 Å². The molecule has 2 fully saturated rings. The molecule has 0 radical (unpaired) electrons. The zero-order chi connectivity index (χ0) is 15.9. The van der Waals surface area contributed by atoms with E-state index in [1.807, 2.05) is 0 Å². The van der Waals surface area contributed by atoms with Gasteiger partial charge >= 0.3 is 0 Å². The van der Waals surface area contributed by atoms with Crippen molar-refractivity contribution in [2.45, 2.75) is 102 Å². The molecule has 0 aliphatic heterocycles. The predicted octanol–water partition coefficient (Wildman–Crippen LogP) is 6.84. The summed E-state index contributed by atoms with van der Waals surface area (Å²) in [5.74, 6) is 1.65. The molecule has 1 heteroatoms. The highest BCUT2D eigenvalue weighted by molar-refractivity contribution is 7.27. The van der Waals surface area contributed by atoms with Gasteiger partial charge < -0.3 is 0 Å². The van der Waals surface area contributed by atoms with Gasteiger partial charge in [-0.25, -0.2) is 0 Å². The summed E-state index contributed by atoms with van der Waals surface area (Å²) in [7, 11) is 3.07. The molecule has 0 aromatic heterocycles. The summed E-state index contributed by atoms with van der Waals surface area (Å²) in [6.07, 6.45) is 20.2. The van der Waals surface area contributed by atoms with Gasteiger partial charge in [0.2, 0.25) is 0 Å². The van der Waals surface area contributed by atoms with E-state index in [-0.39, 0.29) is 0 Å². The monoisotopic (exact) mass is 330 g/mol. The van der Waals surface area contributed by atoms with Crippen LogP contribution in [-0.2, 0) is 0 Å². The van der Waals surface area contributed by atoms with Gasteiger partial charge in [-0.05, 0) is 54.0 Å². The van der Waals surface area contributed by atoms with Crippen molar-refractivity contribution in [2.75, 3.05) is 0 Å². The second kappa shape index (κ2) is 9.22. The van der Waals surface area contributed by atoms with E-state index in [4.69, 9.17) is 0 Å². The lowest BCUT2D eigenvalue weighted by Crippen LogP contribution is -2.16. The van der Waals surface area contributed by atoms with E-state index in [0.717, 1.165) is 11.8 Å². The van der Waals surface area contributed by atoms with E-state index in [2.05, 4.69) is 27.4 Å². The highest BCUT2D eigenvalue weighted by Gasteiger charge is 2.23.